The third-order valence-corrected chi connectivity index (χ3v) is 4.47. The molecule has 0 unspecified atom stereocenters. The Balaban J connectivity index is 1.53. The maximum atomic E-state index is 13.8. The fraction of sp³-hybridized carbons (Fsp3) is 0.136. The molecule has 1 N–H and O–H groups in total. The van der Waals surface area contributed by atoms with E-state index < -0.39 is 11.7 Å². The Morgan fingerprint density at radius 3 is 2.77 bits per heavy atom. The molecule has 0 saturated heterocycles. The third kappa shape index (κ3) is 3.93. The maximum Gasteiger partial charge on any atom is 0.287 e. The van der Waals surface area contributed by atoms with Crippen molar-refractivity contribution in [2.45, 2.75) is 20.5 Å². The van der Waals surface area contributed by atoms with Crippen LogP contribution in [0, 0.1) is 19.7 Å². The minimum atomic E-state index is -0.461. The molecule has 4 aromatic rings. The van der Waals surface area contributed by atoms with Gasteiger partial charge in [-0.2, -0.15) is 0 Å². The summed E-state index contributed by atoms with van der Waals surface area (Å²) in [7, 11) is 0. The Labute approximate surface area is 170 Å². The Bertz CT molecular complexity index is 1310. The molecule has 0 aliphatic rings. The lowest BCUT2D eigenvalue weighted by Gasteiger charge is -2.12. The molecule has 2 heterocycles. The summed E-state index contributed by atoms with van der Waals surface area (Å²) in [5, 5.41) is 2.72. The summed E-state index contributed by atoms with van der Waals surface area (Å²) in [6.45, 7) is 3.37. The molecule has 1 amide bonds. The lowest BCUT2D eigenvalue weighted by Crippen LogP contribution is -2.15. The molecule has 152 valence electrons. The fourth-order valence-electron chi connectivity index (χ4n) is 2.92. The first-order chi connectivity index (χ1) is 14.4. The van der Waals surface area contributed by atoms with Gasteiger partial charge in [-0.05, 0) is 43.7 Å². The predicted molar refractivity (Wildman–Crippen MR) is 108 cm³/mol. The highest BCUT2D eigenvalue weighted by Crippen LogP contribution is 2.25. The number of halogens is 1. The Kier molecular flexibility index (Phi) is 5.05. The van der Waals surface area contributed by atoms with Crippen LogP contribution in [0.3, 0.4) is 0 Å². The van der Waals surface area contributed by atoms with E-state index in [-0.39, 0.29) is 17.7 Å². The smallest absolute Gasteiger partial charge is 0.287 e. The van der Waals surface area contributed by atoms with Crippen molar-refractivity contribution in [1.82, 2.24) is 9.56 Å². The monoisotopic (exact) mass is 407 g/mol. The molecular formula is C22H18FN3O4. The first-order valence-corrected chi connectivity index (χ1v) is 9.19. The summed E-state index contributed by atoms with van der Waals surface area (Å²) < 4.78 is 25.9. The minimum absolute atomic E-state index is 0.0159. The molecule has 0 fully saturated rings. The number of nitrogens with one attached hydrogen (secondary N) is 1. The van der Waals surface area contributed by atoms with Gasteiger partial charge in [0, 0.05) is 17.7 Å². The summed E-state index contributed by atoms with van der Waals surface area (Å²) in [6.07, 6.45) is 0. The van der Waals surface area contributed by atoms with Gasteiger partial charge < -0.3 is 14.6 Å². The quantitative estimate of drug-likeness (QED) is 0.543. The molecule has 0 atom stereocenters. The zero-order valence-electron chi connectivity index (χ0n) is 16.3. The van der Waals surface area contributed by atoms with Crippen molar-refractivity contribution >= 4 is 17.2 Å². The first kappa shape index (κ1) is 19.4. The molecule has 0 spiro atoms. The highest BCUT2D eigenvalue weighted by Gasteiger charge is 2.13. The number of carbonyl (C=O) groups is 1. The SMILES string of the molecule is Cc1cc2nc(COc3ccccc3NC(=O)c3ccc(C)c(F)c3)cc(=O)n2o1. The predicted octanol–water partition coefficient (Wildman–Crippen LogP) is 3.87. The van der Waals surface area contributed by atoms with E-state index in [1.807, 2.05) is 0 Å². The summed E-state index contributed by atoms with van der Waals surface area (Å²) in [4.78, 5) is 29.0. The van der Waals surface area contributed by atoms with Crippen molar-refractivity contribution in [3.8, 4) is 5.75 Å². The van der Waals surface area contributed by atoms with Crippen molar-refractivity contribution in [2.24, 2.45) is 0 Å². The largest absolute Gasteiger partial charge is 0.485 e. The minimum Gasteiger partial charge on any atom is -0.485 e. The highest BCUT2D eigenvalue weighted by molar-refractivity contribution is 6.05. The number of amides is 1. The molecule has 0 radical (unpaired) electrons. The summed E-state index contributed by atoms with van der Waals surface area (Å²) in [5.41, 5.74) is 1.53. The van der Waals surface area contributed by atoms with Gasteiger partial charge in [-0.25, -0.2) is 9.37 Å². The van der Waals surface area contributed by atoms with Gasteiger partial charge in [0.15, 0.2) is 5.65 Å². The van der Waals surface area contributed by atoms with Crippen LogP contribution in [0.25, 0.3) is 5.65 Å². The van der Waals surface area contributed by atoms with Gasteiger partial charge >= 0.3 is 0 Å². The normalized spacial score (nSPS) is 10.9. The van der Waals surface area contributed by atoms with Crippen molar-refractivity contribution in [2.75, 3.05) is 5.32 Å². The molecule has 4 rings (SSSR count). The van der Waals surface area contributed by atoms with Crippen LogP contribution in [-0.2, 0) is 6.61 Å². The van der Waals surface area contributed by atoms with Gasteiger partial charge in [-0.3, -0.25) is 9.59 Å². The van der Waals surface area contributed by atoms with Gasteiger partial charge in [0.05, 0.1) is 11.4 Å². The van der Waals surface area contributed by atoms with E-state index in [4.69, 9.17) is 9.26 Å². The van der Waals surface area contributed by atoms with Crippen LogP contribution < -0.4 is 15.6 Å². The van der Waals surface area contributed by atoms with Crippen LogP contribution in [0.2, 0.25) is 0 Å². The average molecular weight is 407 g/mol. The number of para-hydroxylation sites is 2. The number of aryl methyl sites for hydroxylation is 2. The van der Waals surface area contributed by atoms with Gasteiger partial charge in [0.1, 0.15) is 23.9 Å². The third-order valence-electron chi connectivity index (χ3n) is 4.47. The van der Waals surface area contributed by atoms with Crippen LogP contribution in [0.15, 0.2) is 63.9 Å². The second-order valence-electron chi connectivity index (χ2n) is 6.79. The second kappa shape index (κ2) is 7.82. The zero-order valence-corrected chi connectivity index (χ0v) is 16.3. The highest BCUT2D eigenvalue weighted by atomic mass is 19.1. The molecule has 8 heteroatoms. The van der Waals surface area contributed by atoms with E-state index in [2.05, 4.69) is 10.3 Å². The number of aromatic nitrogens is 2. The topological polar surface area (TPSA) is 85.8 Å². The number of hydrogen-bond donors (Lipinski definition) is 1. The van der Waals surface area contributed by atoms with Gasteiger partial charge in [0.25, 0.3) is 11.5 Å². The summed E-state index contributed by atoms with van der Waals surface area (Å²) in [6, 6.07) is 14.1. The number of fused-ring (bicyclic) bond motifs is 1. The van der Waals surface area contributed by atoms with Crippen LogP contribution in [0.5, 0.6) is 5.75 Å². The first-order valence-electron chi connectivity index (χ1n) is 9.19. The van der Waals surface area contributed by atoms with Gasteiger partial charge in [-0.15, -0.1) is 4.57 Å². The molecule has 0 bridgehead atoms. The summed E-state index contributed by atoms with van der Waals surface area (Å²) in [5.74, 6) is 0.0492. The second-order valence-corrected chi connectivity index (χ2v) is 6.79. The Hall–Kier alpha value is -3.94. The molecule has 0 aliphatic heterocycles. The number of carbonyl (C=O) groups excluding carboxylic acids is 1. The standard InChI is InChI=1S/C22H18FN3O4/c1-13-7-8-15(10-17(13)23)22(28)25-18-5-3-4-6-19(18)29-12-16-11-21(27)26-20(24-16)9-14(2)30-26/h3-11H,12H2,1-2H3,(H,25,28). The van der Waals surface area contributed by atoms with Crippen LogP contribution >= 0.6 is 0 Å². The average Bonchev–Trinajstić information content (AvgIpc) is 3.10. The van der Waals surface area contributed by atoms with Crippen LogP contribution in [-0.4, -0.2) is 15.5 Å². The van der Waals surface area contributed by atoms with E-state index in [9.17, 15) is 14.0 Å². The fourth-order valence-corrected chi connectivity index (χ4v) is 2.92. The van der Waals surface area contributed by atoms with Crippen molar-refractivity contribution in [1.29, 1.82) is 0 Å². The van der Waals surface area contributed by atoms with Crippen LogP contribution in [0.1, 0.15) is 27.4 Å². The zero-order chi connectivity index (χ0) is 21.3. The van der Waals surface area contributed by atoms with Crippen molar-refractivity contribution in [3.05, 3.63) is 93.3 Å². The number of anilines is 1. The van der Waals surface area contributed by atoms with E-state index in [0.29, 0.717) is 34.1 Å². The summed E-state index contributed by atoms with van der Waals surface area (Å²) >= 11 is 0. The maximum absolute atomic E-state index is 13.8. The van der Waals surface area contributed by atoms with Crippen molar-refractivity contribution in [3.63, 3.8) is 0 Å². The molecule has 2 aromatic heterocycles. The Morgan fingerprint density at radius 1 is 1.17 bits per heavy atom. The number of nitrogens with zero attached hydrogens (tertiary/aromatic N) is 2. The van der Waals surface area contributed by atoms with E-state index in [1.165, 1.54) is 12.1 Å². The van der Waals surface area contributed by atoms with Crippen molar-refractivity contribution < 1.29 is 18.4 Å². The van der Waals surface area contributed by atoms with E-state index >= 15 is 0 Å². The molecule has 2 aromatic carbocycles. The molecule has 0 aliphatic carbocycles. The molecule has 0 saturated carbocycles. The lowest BCUT2D eigenvalue weighted by atomic mass is 10.1. The number of ether oxygens (including phenoxy) is 1. The molecule has 7 nitrogen and oxygen atoms in total. The van der Waals surface area contributed by atoms with Gasteiger partial charge in [0.2, 0.25) is 0 Å². The number of benzene rings is 2. The molecular weight excluding hydrogens is 389 g/mol. The molecule has 30 heavy (non-hydrogen) atoms. The lowest BCUT2D eigenvalue weighted by molar-refractivity contribution is 0.102. The van der Waals surface area contributed by atoms with Crippen LogP contribution in [0.4, 0.5) is 10.1 Å². The number of hydrogen-bond acceptors (Lipinski definition) is 5. The van der Waals surface area contributed by atoms with E-state index in [0.717, 1.165) is 4.57 Å². The van der Waals surface area contributed by atoms with E-state index in [1.54, 1.807) is 56.3 Å². The van der Waals surface area contributed by atoms with Gasteiger partial charge in [-0.1, -0.05) is 18.2 Å². The Morgan fingerprint density at radius 2 is 1.97 bits per heavy atom. The number of rotatable bonds is 5.